The summed E-state index contributed by atoms with van der Waals surface area (Å²) >= 11 is 0. The lowest BCUT2D eigenvalue weighted by Crippen LogP contribution is -2.31. The number of carbonyl (C=O) groups is 2. The number of ketones is 1. The van der Waals surface area contributed by atoms with Crippen molar-refractivity contribution in [2.75, 3.05) is 0 Å². The van der Waals surface area contributed by atoms with Gasteiger partial charge in [0.1, 0.15) is 5.69 Å². The van der Waals surface area contributed by atoms with Crippen molar-refractivity contribution in [2.24, 2.45) is 5.41 Å². The van der Waals surface area contributed by atoms with Gasteiger partial charge < -0.3 is 10.3 Å². The highest BCUT2D eigenvalue weighted by atomic mass is 16.2. The molecule has 1 heterocycles. The van der Waals surface area contributed by atoms with E-state index in [9.17, 15) is 9.59 Å². The topological polar surface area (TPSA) is 62.0 Å². The second kappa shape index (κ2) is 6.82. The molecule has 1 amide bonds. The average Bonchev–Trinajstić information content (AvgIpc) is 2.96. The van der Waals surface area contributed by atoms with E-state index < -0.39 is 0 Å². The standard InChI is InChI=1S/C19H24N2O2/c1-13(22)15-10-16(20-12-15)18(23)21-17(11-19(2,3)4)14-8-6-5-7-9-14/h5-10,12,17,20H,11H2,1-4H3,(H,21,23). The summed E-state index contributed by atoms with van der Waals surface area (Å²) < 4.78 is 0. The third kappa shape index (κ3) is 4.81. The van der Waals surface area contributed by atoms with Crippen LogP contribution < -0.4 is 5.32 Å². The maximum atomic E-state index is 12.5. The third-order valence-electron chi connectivity index (χ3n) is 3.66. The monoisotopic (exact) mass is 312 g/mol. The van der Waals surface area contributed by atoms with Crippen molar-refractivity contribution in [3.05, 3.63) is 59.4 Å². The Morgan fingerprint density at radius 2 is 1.83 bits per heavy atom. The molecule has 0 radical (unpaired) electrons. The fourth-order valence-corrected chi connectivity index (χ4v) is 2.51. The minimum absolute atomic E-state index is 0.0606. The van der Waals surface area contributed by atoms with E-state index in [4.69, 9.17) is 0 Å². The lowest BCUT2D eigenvalue weighted by Gasteiger charge is -2.27. The highest BCUT2D eigenvalue weighted by Crippen LogP contribution is 2.29. The fourth-order valence-electron chi connectivity index (χ4n) is 2.51. The van der Waals surface area contributed by atoms with Crippen LogP contribution in [-0.2, 0) is 0 Å². The van der Waals surface area contributed by atoms with Gasteiger partial charge in [0.2, 0.25) is 0 Å². The molecule has 2 aromatic rings. The quantitative estimate of drug-likeness (QED) is 0.816. The molecule has 122 valence electrons. The fraction of sp³-hybridized carbons (Fsp3) is 0.368. The molecule has 4 nitrogen and oxygen atoms in total. The second-order valence-corrected chi connectivity index (χ2v) is 7.06. The molecule has 23 heavy (non-hydrogen) atoms. The lowest BCUT2D eigenvalue weighted by atomic mass is 9.85. The van der Waals surface area contributed by atoms with Crippen LogP contribution in [0.2, 0.25) is 0 Å². The number of hydrogen-bond acceptors (Lipinski definition) is 2. The predicted octanol–water partition coefficient (Wildman–Crippen LogP) is 4.12. The summed E-state index contributed by atoms with van der Waals surface area (Å²) in [6, 6.07) is 11.5. The Balaban J connectivity index is 2.19. The van der Waals surface area contributed by atoms with E-state index in [1.54, 1.807) is 12.3 Å². The summed E-state index contributed by atoms with van der Waals surface area (Å²) in [5.41, 5.74) is 2.08. The molecule has 1 aromatic heterocycles. The zero-order chi connectivity index (χ0) is 17.0. The van der Waals surface area contributed by atoms with Crippen LogP contribution in [0.25, 0.3) is 0 Å². The maximum absolute atomic E-state index is 12.5. The summed E-state index contributed by atoms with van der Waals surface area (Å²) in [6.07, 6.45) is 2.39. The number of benzene rings is 1. The summed E-state index contributed by atoms with van der Waals surface area (Å²) in [4.78, 5) is 26.7. The number of Topliss-reactive ketones (excluding diaryl/α,β-unsaturated/α-hetero) is 1. The highest BCUT2D eigenvalue weighted by Gasteiger charge is 2.23. The van der Waals surface area contributed by atoms with Crippen molar-refractivity contribution in [1.82, 2.24) is 10.3 Å². The Kier molecular flexibility index (Phi) is 5.04. The lowest BCUT2D eigenvalue weighted by molar-refractivity contribution is 0.0921. The Morgan fingerprint density at radius 1 is 1.17 bits per heavy atom. The van der Waals surface area contributed by atoms with Crippen LogP contribution in [-0.4, -0.2) is 16.7 Å². The van der Waals surface area contributed by atoms with Gasteiger partial charge in [-0.25, -0.2) is 0 Å². The minimum atomic E-state index is -0.199. The number of hydrogen-bond donors (Lipinski definition) is 2. The number of carbonyl (C=O) groups excluding carboxylic acids is 2. The molecule has 0 saturated heterocycles. The molecular formula is C19H24N2O2. The number of nitrogens with one attached hydrogen (secondary N) is 2. The highest BCUT2D eigenvalue weighted by molar-refractivity contribution is 5.99. The molecule has 4 heteroatoms. The molecule has 1 aromatic carbocycles. The first-order valence-electron chi connectivity index (χ1n) is 7.81. The Labute approximate surface area is 137 Å². The van der Waals surface area contributed by atoms with Crippen molar-refractivity contribution in [3.63, 3.8) is 0 Å². The Morgan fingerprint density at radius 3 is 2.35 bits per heavy atom. The van der Waals surface area contributed by atoms with Crippen molar-refractivity contribution in [1.29, 1.82) is 0 Å². The van der Waals surface area contributed by atoms with Crippen LogP contribution in [0.4, 0.5) is 0 Å². The van der Waals surface area contributed by atoms with Gasteiger partial charge in [0, 0.05) is 11.8 Å². The molecule has 2 rings (SSSR count). The van der Waals surface area contributed by atoms with Crippen LogP contribution in [0, 0.1) is 5.41 Å². The van der Waals surface area contributed by atoms with Gasteiger partial charge in [0.25, 0.3) is 5.91 Å². The van der Waals surface area contributed by atoms with Gasteiger partial charge in [-0.1, -0.05) is 51.1 Å². The molecule has 0 aliphatic heterocycles. The first-order chi connectivity index (χ1) is 10.8. The van der Waals surface area contributed by atoms with Gasteiger partial charge in [-0.05, 0) is 30.4 Å². The zero-order valence-electron chi connectivity index (χ0n) is 14.1. The van der Waals surface area contributed by atoms with Crippen molar-refractivity contribution in [3.8, 4) is 0 Å². The van der Waals surface area contributed by atoms with E-state index in [-0.39, 0.29) is 23.1 Å². The summed E-state index contributed by atoms with van der Waals surface area (Å²) in [5, 5.41) is 3.08. The molecule has 0 spiro atoms. The van der Waals surface area contributed by atoms with Gasteiger partial charge in [0.05, 0.1) is 6.04 Å². The van der Waals surface area contributed by atoms with Gasteiger partial charge >= 0.3 is 0 Å². The molecule has 1 atom stereocenters. The van der Waals surface area contributed by atoms with Crippen molar-refractivity contribution in [2.45, 2.75) is 40.2 Å². The van der Waals surface area contributed by atoms with Crippen LogP contribution in [0.15, 0.2) is 42.6 Å². The smallest absolute Gasteiger partial charge is 0.268 e. The van der Waals surface area contributed by atoms with E-state index in [0.717, 1.165) is 12.0 Å². The van der Waals surface area contributed by atoms with Gasteiger partial charge in [-0.3, -0.25) is 9.59 Å². The van der Waals surface area contributed by atoms with E-state index in [0.29, 0.717) is 11.3 Å². The SMILES string of the molecule is CC(=O)c1c[nH]c(C(=O)NC(CC(C)(C)C)c2ccccc2)c1. The predicted molar refractivity (Wildman–Crippen MR) is 91.5 cm³/mol. The van der Waals surface area contributed by atoms with Gasteiger partial charge in [0.15, 0.2) is 5.78 Å². The third-order valence-corrected chi connectivity index (χ3v) is 3.66. The molecule has 1 unspecified atom stereocenters. The maximum Gasteiger partial charge on any atom is 0.268 e. The Bertz CT molecular complexity index is 681. The summed E-state index contributed by atoms with van der Waals surface area (Å²) in [6.45, 7) is 7.93. The van der Waals surface area contributed by atoms with Crippen molar-refractivity contribution >= 4 is 11.7 Å². The zero-order valence-corrected chi connectivity index (χ0v) is 14.1. The number of aromatic amines is 1. The molecule has 0 fully saturated rings. The van der Waals surface area contributed by atoms with Gasteiger partial charge in [-0.2, -0.15) is 0 Å². The molecular weight excluding hydrogens is 288 g/mol. The molecule has 0 aliphatic carbocycles. The van der Waals surface area contributed by atoms with Gasteiger partial charge in [-0.15, -0.1) is 0 Å². The van der Waals surface area contributed by atoms with Crippen LogP contribution in [0.3, 0.4) is 0 Å². The molecule has 2 N–H and O–H groups in total. The molecule has 0 bridgehead atoms. The number of H-pyrrole nitrogens is 1. The molecule has 0 aliphatic rings. The summed E-state index contributed by atoms with van der Waals surface area (Å²) in [7, 11) is 0. The van der Waals surface area contributed by atoms with E-state index in [1.807, 2.05) is 30.3 Å². The number of aromatic nitrogens is 1. The van der Waals surface area contributed by atoms with Crippen molar-refractivity contribution < 1.29 is 9.59 Å². The van der Waals surface area contributed by atoms with Crippen LogP contribution >= 0.6 is 0 Å². The Hall–Kier alpha value is -2.36. The number of rotatable bonds is 5. The van der Waals surface area contributed by atoms with Crippen LogP contribution in [0.1, 0.15) is 66.6 Å². The van der Waals surface area contributed by atoms with Crippen LogP contribution in [0.5, 0.6) is 0 Å². The normalized spacial score (nSPS) is 12.7. The first kappa shape index (κ1) is 17.0. The van der Waals surface area contributed by atoms with E-state index in [1.165, 1.54) is 6.92 Å². The second-order valence-electron chi connectivity index (χ2n) is 7.06. The van der Waals surface area contributed by atoms with E-state index in [2.05, 4.69) is 31.1 Å². The first-order valence-corrected chi connectivity index (χ1v) is 7.81. The average molecular weight is 312 g/mol. The van der Waals surface area contributed by atoms with E-state index >= 15 is 0 Å². The summed E-state index contributed by atoms with van der Waals surface area (Å²) in [5.74, 6) is -0.259. The number of amides is 1. The largest absolute Gasteiger partial charge is 0.356 e. The molecule has 0 saturated carbocycles. The minimum Gasteiger partial charge on any atom is -0.356 e.